The Morgan fingerprint density at radius 2 is 2.16 bits per heavy atom. The standard InChI is InChI=1S/C16H25BrN2/c1-11(2)10-19-8-4-5-15(18)16(19)13-7-6-12(3)9-14(13)17/h6-7,9,11,15-16H,4-5,8,10,18H2,1-3H3. The van der Waals surface area contributed by atoms with Crippen LogP contribution in [0.15, 0.2) is 22.7 Å². The van der Waals surface area contributed by atoms with Crippen LogP contribution in [0.2, 0.25) is 0 Å². The summed E-state index contributed by atoms with van der Waals surface area (Å²) in [5, 5.41) is 0. The minimum atomic E-state index is 0.242. The molecule has 1 aliphatic rings. The molecule has 0 aliphatic carbocycles. The Kier molecular flexibility index (Phi) is 5.04. The van der Waals surface area contributed by atoms with E-state index in [9.17, 15) is 0 Å². The quantitative estimate of drug-likeness (QED) is 0.914. The molecule has 1 aromatic carbocycles. The van der Waals surface area contributed by atoms with Crippen molar-refractivity contribution in [3.8, 4) is 0 Å². The van der Waals surface area contributed by atoms with Crippen LogP contribution < -0.4 is 5.73 Å². The van der Waals surface area contributed by atoms with Gasteiger partial charge < -0.3 is 5.73 Å². The molecule has 1 aromatic rings. The minimum absolute atomic E-state index is 0.242. The molecule has 1 aliphatic heterocycles. The molecule has 0 aromatic heterocycles. The van der Waals surface area contributed by atoms with Gasteiger partial charge in [-0.25, -0.2) is 0 Å². The van der Waals surface area contributed by atoms with E-state index in [1.165, 1.54) is 22.0 Å². The molecular weight excluding hydrogens is 300 g/mol. The van der Waals surface area contributed by atoms with Crippen molar-refractivity contribution < 1.29 is 0 Å². The van der Waals surface area contributed by atoms with Gasteiger partial charge in [0.25, 0.3) is 0 Å². The predicted octanol–water partition coefficient (Wildman–Crippen LogP) is 3.88. The van der Waals surface area contributed by atoms with E-state index in [0.29, 0.717) is 12.0 Å². The second-order valence-electron chi connectivity index (χ2n) is 6.16. The lowest BCUT2D eigenvalue weighted by atomic mass is 9.90. The lowest BCUT2D eigenvalue weighted by molar-refractivity contribution is 0.113. The summed E-state index contributed by atoms with van der Waals surface area (Å²) in [6.07, 6.45) is 2.34. The number of benzene rings is 1. The molecule has 2 unspecified atom stereocenters. The summed E-state index contributed by atoms with van der Waals surface area (Å²) in [6.45, 7) is 8.97. The summed E-state index contributed by atoms with van der Waals surface area (Å²) in [7, 11) is 0. The second-order valence-corrected chi connectivity index (χ2v) is 7.02. The highest BCUT2D eigenvalue weighted by molar-refractivity contribution is 9.10. The number of likely N-dealkylation sites (tertiary alicyclic amines) is 1. The first kappa shape index (κ1) is 15.0. The molecule has 2 nitrogen and oxygen atoms in total. The number of nitrogens with two attached hydrogens (primary N) is 1. The van der Waals surface area contributed by atoms with Gasteiger partial charge in [-0.1, -0.05) is 41.9 Å². The zero-order valence-electron chi connectivity index (χ0n) is 12.2. The maximum atomic E-state index is 6.42. The van der Waals surface area contributed by atoms with Gasteiger partial charge in [-0.3, -0.25) is 4.90 Å². The van der Waals surface area contributed by atoms with Crippen molar-refractivity contribution in [2.75, 3.05) is 13.1 Å². The highest BCUT2D eigenvalue weighted by Gasteiger charge is 2.31. The number of rotatable bonds is 3. The molecule has 2 rings (SSSR count). The van der Waals surface area contributed by atoms with Crippen LogP contribution in [0.1, 0.15) is 43.9 Å². The van der Waals surface area contributed by atoms with Gasteiger partial charge in [-0.05, 0) is 49.4 Å². The number of hydrogen-bond acceptors (Lipinski definition) is 2. The van der Waals surface area contributed by atoms with Crippen LogP contribution in [0.4, 0.5) is 0 Å². The number of nitrogens with zero attached hydrogens (tertiary/aromatic N) is 1. The molecule has 1 fully saturated rings. The van der Waals surface area contributed by atoms with Crippen molar-refractivity contribution in [3.05, 3.63) is 33.8 Å². The van der Waals surface area contributed by atoms with Gasteiger partial charge in [0.1, 0.15) is 0 Å². The minimum Gasteiger partial charge on any atom is -0.326 e. The smallest absolute Gasteiger partial charge is 0.0510 e. The molecular formula is C16H25BrN2. The number of piperidine rings is 1. The third-order valence-corrected chi connectivity index (χ3v) is 4.54. The molecule has 0 saturated carbocycles. The van der Waals surface area contributed by atoms with Crippen LogP contribution in [-0.4, -0.2) is 24.0 Å². The third kappa shape index (κ3) is 3.59. The Balaban J connectivity index is 2.30. The lowest BCUT2D eigenvalue weighted by Crippen LogP contribution is -2.47. The fraction of sp³-hybridized carbons (Fsp3) is 0.625. The molecule has 0 spiro atoms. The van der Waals surface area contributed by atoms with Crippen LogP contribution in [0.5, 0.6) is 0 Å². The van der Waals surface area contributed by atoms with Gasteiger partial charge in [0.2, 0.25) is 0 Å². The number of aryl methyl sites for hydroxylation is 1. The van der Waals surface area contributed by atoms with Gasteiger partial charge in [0, 0.05) is 17.1 Å². The molecule has 1 saturated heterocycles. The van der Waals surface area contributed by atoms with Crippen molar-refractivity contribution in [2.24, 2.45) is 11.7 Å². The average molecular weight is 325 g/mol. The van der Waals surface area contributed by atoms with Crippen LogP contribution in [0.3, 0.4) is 0 Å². The molecule has 0 radical (unpaired) electrons. The van der Waals surface area contributed by atoms with Gasteiger partial charge >= 0.3 is 0 Å². The highest BCUT2D eigenvalue weighted by atomic mass is 79.9. The normalized spacial score (nSPS) is 24.9. The van der Waals surface area contributed by atoms with Crippen molar-refractivity contribution in [1.82, 2.24) is 4.90 Å². The van der Waals surface area contributed by atoms with Gasteiger partial charge in [0.15, 0.2) is 0 Å². The van der Waals surface area contributed by atoms with Gasteiger partial charge in [-0.15, -0.1) is 0 Å². The molecule has 0 amide bonds. The van der Waals surface area contributed by atoms with Gasteiger partial charge in [0.05, 0.1) is 6.04 Å². The summed E-state index contributed by atoms with van der Waals surface area (Å²) in [5.41, 5.74) is 9.05. The largest absolute Gasteiger partial charge is 0.326 e. The monoisotopic (exact) mass is 324 g/mol. The molecule has 3 heteroatoms. The topological polar surface area (TPSA) is 29.3 Å². The van der Waals surface area contributed by atoms with Crippen molar-refractivity contribution in [2.45, 2.75) is 45.7 Å². The average Bonchev–Trinajstić information content (AvgIpc) is 2.30. The van der Waals surface area contributed by atoms with Crippen LogP contribution in [0, 0.1) is 12.8 Å². The number of hydrogen-bond donors (Lipinski definition) is 1. The van der Waals surface area contributed by atoms with Crippen LogP contribution in [0.25, 0.3) is 0 Å². The molecule has 1 heterocycles. The third-order valence-electron chi connectivity index (χ3n) is 3.86. The summed E-state index contributed by atoms with van der Waals surface area (Å²) in [5.74, 6) is 0.678. The summed E-state index contributed by atoms with van der Waals surface area (Å²) in [6, 6.07) is 7.22. The van der Waals surface area contributed by atoms with E-state index in [4.69, 9.17) is 5.73 Å². The molecule has 19 heavy (non-hydrogen) atoms. The molecule has 0 bridgehead atoms. The Morgan fingerprint density at radius 1 is 1.42 bits per heavy atom. The van der Waals surface area contributed by atoms with E-state index in [1.807, 2.05) is 0 Å². The van der Waals surface area contributed by atoms with Crippen LogP contribution in [-0.2, 0) is 0 Å². The first-order chi connectivity index (χ1) is 8.99. The van der Waals surface area contributed by atoms with Crippen LogP contribution >= 0.6 is 15.9 Å². The SMILES string of the molecule is Cc1ccc(C2C(N)CCCN2CC(C)C)c(Br)c1. The maximum absolute atomic E-state index is 6.42. The summed E-state index contributed by atoms with van der Waals surface area (Å²) < 4.78 is 1.20. The Morgan fingerprint density at radius 3 is 2.79 bits per heavy atom. The zero-order chi connectivity index (χ0) is 14.0. The molecule has 2 atom stereocenters. The van der Waals surface area contributed by atoms with E-state index < -0.39 is 0 Å². The fourth-order valence-corrected chi connectivity index (χ4v) is 3.80. The summed E-state index contributed by atoms with van der Waals surface area (Å²) >= 11 is 3.72. The fourth-order valence-electron chi connectivity index (χ4n) is 3.07. The van der Waals surface area contributed by atoms with Crippen molar-refractivity contribution in [1.29, 1.82) is 0 Å². The Bertz CT molecular complexity index is 431. The van der Waals surface area contributed by atoms with Crippen molar-refractivity contribution in [3.63, 3.8) is 0 Å². The summed E-state index contributed by atoms with van der Waals surface area (Å²) in [4.78, 5) is 2.56. The van der Waals surface area contributed by atoms with Gasteiger partial charge in [-0.2, -0.15) is 0 Å². The highest BCUT2D eigenvalue weighted by Crippen LogP contribution is 2.35. The second kappa shape index (κ2) is 6.38. The Labute approximate surface area is 125 Å². The van der Waals surface area contributed by atoms with E-state index in [2.05, 4.69) is 59.8 Å². The first-order valence-corrected chi connectivity index (χ1v) is 8.04. The number of halogens is 1. The Hall–Kier alpha value is -0.380. The first-order valence-electron chi connectivity index (χ1n) is 7.24. The van der Waals surface area contributed by atoms with E-state index in [1.54, 1.807) is 0 Å². The lowest BCUT2D eigenvalue weighted by Gasteiger charge is -2.41. The molecule has 2 N–H and O–H groups in total. The maximum Gasteiger partial charge on any atom is 0.0510 e. The molecule has 106 valence electrons. The van der Waals surface area contributed by atoms with Crippen molar-refractivity contribution >= 4 is 15.9 Å². The van der Waals surface area contributed by atoms with E-state index in [-0.39, 0.29) is 6.04 Å². The van der Waals surface area contributed by atoms with E-state index >= 15 is 0 Å². The zero-order valence-corrected chi connectivity index (χ0v) is 13.8. The van der Waals surface area contributed by atoms with E-state index in [0.717, 1.165) is 19.5 Å². The predicted molar refractivity (Wildman–Crippen MR) is 85.2 cm³/mol.